The highest BCUT2D eigenvalue weighted by Crippen LogP contribution is 2.25. The van der Waals surface area contributed by atoms with Crippen molar-refractivity contribution in [2.24, 2.45) is 0 Å². The maximum atomic E-state index is 13.7. The molecule has 0 aromatic heterocycles. The first kappa shape index (κ1) is 18.0. The molecule has 0 bridgehead atoms. The van der Waals surface area contributed by atoms with Crippen LogP contribution in [0.1, 0.15) is 11.1 Å². The SMILES string of the molecule is Cc1ccc([N+](=O)[O-])cc1S(=O)(=O)N(C)Cc1ccc(F)cc1F. The highest BCUT2D eigenvalue weighted by Gasteiger charge is 2.26. The van der Waals surface area contributed by atoms with Gasteiger partial charge in [-0.2, -0.15) is 4.31 Å². The van der Waals surface area contributed by atoms with E-state index in [0.717, 1.165) is 22.5 Å². The standard InChI is InChI=1S/C15H14F2N2O4S/c1-10-3-6-13(19(20)21)8-15(10)24(22,23)18(2)9-11-4-5-12(16)7-14(11)17/h3-8H,9H2,1-2H3. The number of non-ortho nitro benzene ring substituents is 1. The van der Waals surface area contributed by atoms with Gasteiger partial charge in [-0.25, -0.2) is 17.2 Å². The molecule has 0 saturated carbocycles. The second kappa shape index (κ2) is 6.62. The lowest BCUT2D eigenvalue weighted by atomic mass is 10.2. The van der Waals surface area contributed by atoms with E-state index in [9.17, 15) is 27.3 Å². The molecule has 24 heavy (non-hydrogen) atoms. The number of rotatable bonds is 5. The number of hydrogen-bond donors (Lipinski definition) is 0. The van der Waals surface area contributed by atoms with Gasteiger partial charge in [0.25, 0.3) is 5.69 Å². The third-order valence-electron chi connectivity index (χ3n) is 3.48. The van der Waals surface area contributed by atoms with Crippen molar-refractivity contribution in [2.45, 2.75) is 18.4 Å². The van der Waals surface area contributed by atoms with Crippen LogP contribution in [0.3, 0.4) is 0 Å². The molecule has 0 N–H and O–H groups in total. The molecule has 0 aliphatic rings. The molecule has 0 amide bonds. The molecule has 2 rings (SSSR count). The van der Waals surface area contributed by atoms with Crippen molar-refractivity contribution in [3.63, 3.8) is 0 Å². The number of sulfonamides is 1. The fourth-order valence-corrected chi connectivity index (χ4v) is 3.51. The summed E-state index contributed by atoms with van der Waals surface area (Å²) in [5, 5.41) is 10.8. The second-order valence-electron chi connectivity index (χ2n) is 5.20. The summed E-state index contributed by atoms with van der Waals surface area (Å²) >= 11 is 0. The molecule has 0 atom stereocenters. The van der Waals surface area contributed by atoms with Crippen LogP contribution in [-0.4, -0.2) is 24.7 Å². The number of benzene rings is 2. The maximum absolute atomic E-state index is 13.7. The van der Waals surface area contributed by atoms with Gasteiger partial charge >= 0.3 is 0 Å². The van der Waals surface area contributed by atoms with E-state index in [1.54, 1.807) is 0 Å². The topological polar surface area (TPSA) is 80.5 Å². The quantitative estimate of drug-likeness (QED) is 0.609. The fourth-order valence-electron chi connectivity index (χ4n) is 2.12. The largest absolute Gasteiger partial charge is 0.270 e. The molecule has 0 radical (unpaired) electrons. The van der Waals surface area contributed by atoms with E-state index in [1.807, 2.05) is 0 Å². The van der Waals surface area contributed by atoms with Crippen LogP contribution < -0.4 is 0 Å². The van der Waals surface area contributed by atoms with Crippen LogP contribution in [-0.2, 0) is 16.6 Å². The van der Waals surface area contributed by atoms with Crippen LogP contribution in [0, 0.1) is 28.7 Å². The molecule has 6 nitrogen and oxygen atoms in total. The summed E-state index contributed by atoms with van der Waals surface area (Å²) < 4.78 is 52.7. The van der Waals surface area contributed by atoms with Gasteiger partial charge in [0.1, 0.15) is 11.6 Å². The van der Waals surface area contributed by atoms with Crippen LogP contribution in [0.4, 0.5) is 14.5 Å². The zero-order chi connectivity index (χ0) is 18.1. The number of halogens is 2. The molecule has 9 heteroatoms. The minimum absolute atomic E-state index is 0.00874. The lowest BCUT2D eigenvalue weighted by molar-refractivity contribution is -0.385. The minimum Gasteiger partial charge on any atom is -0.258 e. The van der Waals surface area contributed by atoms with E-state index in [1.165, 1.54) is 26.1 Å². The lowest BCUT2D eigenvalue weighted by Crippen LogP contribution is -2.27. The van der Waals surface area contributed by atoms with Crippen molar-refractivity contribution in [3.05, 3.63) is 69.3 Å². The summed E-state index contributed by atoms with van der Waals surface area (Å²) in [6, 6.07) is 6.33. The first-order chi connectivity index (χ1) is 11.1. The normalized spacial score (nSPS) is 11.7. The third kappa shape index (κ3) is 3.57. The Kier molecular flexibility index (Phi) is 4.95. The molecule has 0 aliphatic carbocycles. The lowest BCUT2D eigenvalue weighted by Gasteiger charge is -2.19. The van der Waals surface area contributed by atoms with Crippen molar-refractivity contribution in [2.75, 3.05) is 7.05 Å². The van der Waals surface area contributed by atoms with Gasteiger partial charge in [-0.15, -0.1) is 0 Å². The van der Waals surface area contributed by atoms with Gasteiger partial charge in [-0.3, -0.25) is 10.1 Å². The molecule has 2 aromatic carbocycles. The van der Waals surface area contributed by atoms with Crippen molar-refractivity contribution >= 4 is 15.7 Å². The molecular weight excluding hydrogens is 342 g/mol. The molecule has 0 heterocycles. The van der Waals surface area contributed by atoms with Crippen LogP contribution in [0.25, 0.3) is 0 Å². The molecule has 0 saturated heterocycles. The predicted molar refractivity (Wildman–Crippen MR) is 82.8 cm³/mol. The number of nitro groups is 1. The molecule has 0 spiro atoms. The zero-order valence-electron chi connectivity index (χ0n) is 12.9. The van der Waals surface area contributed by atoms with Gasteiger partial charge in [-0.1, -0.05) is 12.1 Å². The van der Waals surface area contributed by atoms with E-state index in [0.29, 0.717) is 11.6 Å². The fraction of sp³-hybridized carbons (Fsp3) is 0.200. The Hall–Kier alpha value is -2.39. The summed E-state index contributed by atoms with van der Waals surface area (Å²) in [5.74, 6) is -1.64. The first-order valence-corrected chi connectivity index (χ1v) is 8.22. The molecule has 128 valence electrons. The summed E-state index contributed by atoms with van der Waals surface area (Å²) in [7, 11) is -2.86. The van der Waals surface area contributed by atoms with Crippen LogP contribution in [0.2, 0.25) is 0 Å². The van der Waals surface area contributed by atoms with Crippen LogP contribution in [0.5, 0.6) is 0 Å². The molecule has 2 aromatic rings. The third-order valence-corrected chi connectivity index (χ3v) is 5.42. The second-order valence-corrected chi connectivity index (χ2v) is 7.22. The Morgan fingerprint density at radius 1 is 1.17 bits per heavy atom. The molecule has 0 aliphatic heterocycles. The summed E-state index contributed by atoms with van der Waals surface area (Å²) in [6.07, 6.45) is 0. The van der Waals surface area contributed by atoms with Gasteiger partial charge in [0.2, 0.25) is 10.0 Å². The summed E-state index contributed by atoms with van der Waals surface area (Å²) in [4.78, 5) is 9.91. The van der Waals surface area contributed by atoms with Crippen molar-refractivity contribution in [1.29, 1.82) is 0 Å². The van der Waals surface area contributed by atoms with E-state index >= 15 is 0 Å². The molecule has 0 fully saturated rings. The van der Waals surface area contributed by atoms with E-state index in [2.05, 4.69) is 0 Å². The smallest absolute Gasteiger partial charge is 0.258 e. The minimum atomic E-state index is -4.08. The van der Waals surface area contributed by atoms with Gasteiger partial charge in [0.15, 0.2) is 0 Å². The average Bonchev–Trinajstić information content (AvgIpc) is 2.49. The Labute approximate surface area is 137 Å². The summed E-state index contributed by atoms with van der Waals surface area (Å²) in [5.41, 5.74) is -0.0434. The number of aryl methyl sites for hydroxylation is 1. The highest BCUT2D eigenvalue weighted by molar-refractivity contribution is 7.89. The Morgan fingerprint density at radius 2 is 1.83 bits per heavy atom. The monoisotopic (exact) mass is 356 g/mol. The number of nitro benzene ring substituents is 1. The number of nitrogens with zero attached hydrogens (tertiary/aromatic N) is 2. The van der Waals surface area contributed by atoms with Gasteiger partial charge in [0.05, 0.1) is 9.82 Å². The predicted octanol–water partition coefficient (Wildman–Crippen LogP) is 3.00. The molecular formula is C15H14F2N2O4S. The zero-order valence-corrected chi connectivity index (χ0v) is 13.7. The van der Waals surface area contributed by atoms with Crippen molar-refractivity contribution in [1.82, 2.24) is 4.31 Å². The average molecular weight is 356 g/mol. The van der Waals surface area contributed by atoms with Crippen LogP contribution in [0.15, 0.2) is 41.3 Å². The maximum Gasteiger partial charge on any atom is 0.270 e. The van der Waals surface area contributed by atoms with Gasteiger partial charge in [-0.05, 0) is 18.6 Å². The Balaban J connectivity index is 2.39. The van der Waals surface area contributed by atoms with E-state index in [-0.39, 0.29) is 22.7 Å². The van der Waals surface area contributed by atoms with Crippen molar-refractivity contribution in [3.8, 4) is 0 Å². The molecule has 0 unspecified atom stereocenters. The van der Waals surface area contributed by atoms with Gasteiger partial charge < -0.3 is 0 Å². The van der Waals surface area contributed by atoms with Gasteiger partial charge in [0, 0.05) is 37.4 Å². The number of hydrogen-bond acceptors (Lipinski definition) is 4. The van der Waals surface area contributed by atoms with Crippen LogP contribution >= 0.6 is 0 Å². The van der Waals surface area contributed by atoms with Crippen molar-refractivity contribution < 1.29 is 22.1 Å². The summed E-state index contributed by atoms with van der Waals surface area (Å²) in [6.45, 7) is 1.17. The Bertz CT molecular complexity index is 900. The highest BCUT2D eigenvalue weighted by atomic mass is 32.2. The van der Waals surface area contributed by atoms with E-state index < -0.39 is 26.6 Å². The Morgan fingerprint density at radius 3 is 2.42 bits per heavy atom. The van der Waals surface area contributed by atoms with E-state index in [4.69, 9.17) is 0 Å². The first-order valence-electron chi connectivity index (χ1n) is 6.78.